The van der Waals surface area contributed by atoms with E-state index >= 15 is 0 Å². The van der Waals surface area contributed by atoms with E-state index in [1.807, 2.05) is 13.8 Å². The minimum absolute atomic E-state index is 0.0331. The first-order valence-corrected chi connectivity index (χ1v) is 8.01. The Morgan fingerprint density at radius 1 is 1.48 bits per heavy atom. The van der Waals surface area contributed by atoms with Crippen molar-refractivity contribution in [2.45, 2.75) is 32.8 Å². The van der Waals surface area contributed by atoms with Crippen LogP contribution >= 0.6 is 11.3 Å². The molecule has 1 aromatic rings. The van der Waals surface area contributed by atoms with Gasteiger partial charge in [0, 0.05) is 13.2 Å². The van der Waals surface area contributed by atoms with Crippen molar-refractivity contribution in [2.75, 3.05) is 30.8 Å². The van der Waals surface area contributed by atoms with E-state index in [0.717, 1.165) is 17.5 Å². The monoisotopic (exact) mass is 313 g/mol. The van der Waals surface area contributed by atoms with E-state index in [0.29, 0.717) is 29.5 Å². The Morgan fingerprint density at radius 3 is 2.76 bits per heavy atom. The number of amides is 1. The number of hydrogen-bond acceptors (Lipinski definition) is 6. The maximum absolute atomic E-state index is 11.4. The van der Waals surface area contributed by atoms with Gasteiger partial charge < -0.3 is 26.3 Å². The van der Waals surface area contributed by atoms with Gasteiger partial charge in [0.25, 0.3) is 5.91 Å². The molecule has 1 heterocycles. The van der Waals surface area contributed by atoms with Gasteiger partial charge in [-0.15, -0.1) is 11.3 Å². The van der Waals surface area contributed by atoms with Gasteiger partial charge in [-0.3, -0.25) is 4.79 Å². The SMILES string of the molecule is CC(C)Oc1c(NCCOCC2CC2)sc(C(N)=O)c1N. The number of primary amides is 1. The Hall–Kier alpha value is -1.47. The van der Waals surface area contributed by atoms with Gasteiger partial charge in [-0.2, -0.15) is 0 Å². The van der Waals surface area contributed by atoms with Crippen molar-refractivity contribution in [3.05, 3.63) is 4.88 Å². The molecule has 0 atom stereocenters. The fourth-order valence-electron chi connectivity index (χ4n) is 1.85. The van der Waals surface area contributed by atoms with Crippen LogP contribution in [0.2, 0.25) is 0 Å². The zero-order valence-electron chi connectivity index (χ0n) is 12.5. The maximum atomic E-state index is 11.4. The highest BCUT2D eigenvalue weighted by molar-refractivity contribution is 7.19. The number of carbonyl (C=O) groups excluding carboxylic acids is 1. The zero-order chi connectivity index (χ0) is 15.4. The molecule has 1 aromatic heterocycles. The lowest BCUT2D eigenvalue weighted by molar-refractivity contribution is 0.100. The molecule has 2 rings (SSSR count). The quantitative estimate of drug-likeness (QED) is 0.606. The molecule has 1 amide bonds. The third-order valence-electron chi connectivity index (χ3n) is 3.06. The molecule has 1 saturated carbocycles. The van der Waals surface area contributed by atoms with Crippen LogP contribution in [-0.2, 0) is 4.74 Å². The fraction of sp³-hybridized carbons (Fsp3) is 0.643. The van der Waals surface area contributed by atoms with Crippen molar-refractivity contribution in [1.29, 1.82) is 0 Å². The zero-order valence-corrected chi connectivity index (χ0v) is 13.3. The van der Waals surface area contributed by atoms with Crippen molar-refractivity contribution in [2.24, 2.45) is 11.7 Å². The van der Waals surface area contributed by atoms with Crippen LogP contribution in [0.5, 0.6) is 5.75 Å². The van der Waals surface area contributed by atoms with E-state index in [9.17, 15) is 4.79 Å². The normalized spacial score (nSPS) is 14.4. The minimum Gasteiger partial charge on any atom is -0.486 e. The lowest BCUT2D eigenvalue weighted by atomic mass is 10.3. The molecule has 0 unspecified atom stereocenters. The molecule has 1 aliphatic carbocycles. The second kappa shape index (κ2) is 7.00. The molecule has 0 spiro atoms. The number of nitrogens with one attached hydrogen (secondary N) is 1. The smallest absolute Gasteiger partial charge is 0.261 e. The van der Waals surface area contributed by atoms with Crippen LogP contribution < -0.4 is 21.5 Å². The van der Waals surface area contributed by atoms with Crippen molar-refractivity contribution in [1.82, 2.24) is 0 Å². The first-order valence-electron chi connectivity index (χ1n) is 7.19. The Bertz CT molecular complexity index is 498. The molecule has 118 valence electrons. The van der Waals surface area contributed by atoms with Crippen molar-refractivity contribution < 1.29 is 14.3 Å². The summed E-state index contributed by atoms with van der Waals surface area (Å²) in [7, 11) is 0. The van der Waals surface area contributed by atoms with Crippen LogP contribution in [0.25, 0.3) is 0 Å². The van der Waals surface area contributed by atoms with Gasteiger partial charge in [0.1, 0.15) is 15.6 Å². The van der Waals surface area contributed by atoms with Gasteiger partial charge in [-0.1, -0.05) is 0 Å². The minimum atomic E-state index is -0.538. The third-order valence-corrected chi connectivity index (χ3v) is 4.22. The summed E-state index contributed by atoms with van der Waals surface area (Å²) in [5.74, 6) is 0.721. The summed E-state index contributed by atoms with van der Waals surface area (Å²) in [6.07, 6.45) is 2.53. The lowest BCUT2D eigenvalue weighted by Gasteiger charge is -2.12. The van der Waals surface area contributed by atoms with Crippen LogP contribution in [0.3, 0.4) is 0 Å². The fourth-order valence-corrected chi connectivity index (χ4v) is 2.78. The van der Waals surface area contributed by atoms with Gasteiger partial charge in [-0.25, -0.2) is 0 Å². The van der Waals surface area contributed by atoms with Crippen molar-refractivity contribution in [3.63, 3.8) is 0 Å². The number of hydrogen-bond donors (Lipinski definition) is 3. The molecule has 0 aliphatic heterocycles. The molecule has 1 fully saturated rings. The molecule has 6 nitrogen and oxygen atoms in total. The summed E-state index contributed by atoms with van der Waals surface area (Å²) in [5.41, 5.74) is 11.6. The molecule has 0 bridgehead atoms. The Kier molecular flexibility index (Phi) is 5.30. The second-order valence-corrected chi connectivity index (χ2v) is 6.50. The van der Waals surface area contributed by atoms with Gasteiger partial charge in [0.15, 0.2) is 5.75 Å². The Morgan fingerprint density at radius 2 is 2.19 bits per heavy atom. The first kappa shape index (κ1) is 15.9. The number of anilines is 2. The molecule has 21 heavy (non-hydrogen) atoms. The second-order valence-electron chi connectivity index (χ2n) is 5.48. The summed E-state index contributed by atoms with van der Waals surface area (Å²) in [5, 5.41) is 3.94. The van der Waals surface area contributed by atoms with Crippen molar-refractivity contribution in [3.8, 4) is 5.75 Å². The standard InChI is InChI=1S/C14H23N3O3S/c1-8(2)20-11-10(15)12(13(16)18)21-14(11)17-5-6-19-7-9-3-4-9/h8-9,17H,3-7,15H2,1-2H3,(H2,16,18). The van der Waals surface area contributed by atoms with Crippen LogP contribution in [0, 0.1) is 5.92 Å². The number of ether oxygens (including phenoxy) is 2. The topological polar surface area (TPSA) is 99.6 Å². The Labute approximate surface area is 128 Å². The molecular formula is C14H23N3O3S. The van der Waals surface area contributed by atoms with E-state index < -0.39 is 5.91 Å². The summed E-state index contributed by atoms with van der Waals surface area (Å²) < 4.78 is 11.2. The summed E-state index contributed by atoms with van der Waals surface area (Å²) >= 11 is 1.22. The lowest BCUT2D eigenvalue weighted by Crippen LogP contribution is -2.13. The number of carbonyl (C=O) groups is 1. The predicted octanol–water partition coefficient (Wildman–Crippen LogP) is 2.05. The van der Waals surface area contributed by atoms with E-state index in [1.54, 1.807) is 0 Å². The largest absolute Gasteiger partial charge is 0.486 e. The van der Waals surface area contributed by atoms with Crippen LogP contribution in [0.1, 0.15) is 36.4 Å². The highest BCUT2D eigenvalue weighted by Gasteiger charge is 2.22. The number of rotatable bonds is 9. The highest BCUT2D eigenvalue weighted by atomic mass is 32.1. The van der Waals surface area contributed by atoms with E-state index in [2.05, 4.69) is 5.32 Å². The average molecular weight is 313 g/mol. The highest BCUT2D eigenvalue weighted by Crippen LogP contribution is 2.42. The van der Waals surface area contributed by atoms with E-state index in [-0.39, 0.29) is 6.10 Å². The molecule has 7 heteroatoms. The molecule has 1 aliphatic rings. The molecule has 0 aromatic carbocycles. The van der Waals surface area contributed by atoms with Gasteiger partial charge in [0.05, 0.1) is 12.7 Å². The third kappa shape index (κ3) is 4.50. The molecule has 0 saturated heterocycles. The average Bonchev–Trinajstić information content (AvgIpc) is 3.17. The Balaban J connectivity index is 1.94. The van der Waals surface area contributed by atoms with E-state index in [4.69, 9.17) is 20.9 Å². The number of nitrogens with two attached hydrogens (primary N) is 2. The summed E-state index contributed by atoms with van der Waals surface area (Å²) in [6, 6.07) is 0. The van der Waals surface area contributed by atoms with Gasteiger partial charge >= 0.3 is 0 Å². The first-order chi connectivity index (χ1) is 9.99. The number of thiophene rings is 1. The van der Waals surface area contributed by atoms with Crippen LogP contribution in [0.4, 0.5) is 10.7 Å². The molecule has 5 N–H and O–H groups in total. The van der Waals surface area contributed by atoms with Crippen LogP contribution in [0.15, 0.2) is 0 Å². The maximum Gasteiger partial charge on any atom is 0.261 e. The summed E-state index contributed by atoms with van der Waals surface area (Å²) in [4.78, 5) is 11.7. The molecular weight excluding hydrogens is 290 g/mol. The summed E-state index contributed by atoms with van der Waals surface area (Å²) in [6.45, 7) is 5.89. The predicted molar refractivity (Wildman–Crippen MR) is 85.0 cm³/mol. The molecule has 0 radical (unpaired) electrons. The van der Waals surface area contributed by atoms with Crippen LogP contribution in [-0.4, -0.2) is 31.8 Å². The van der Waals surface area contributed by atoms with Crippen molar-refractivity contribution >= 4 is 27.9 Å². The number of nitrogen functional groups attached to an aromatic ring is 1. The van der Waals surface area contributed by atoms with Gasteiger partial charge in [-0.05, 0) is 32.6 Å². The van der Waals surface area contributed by atoms with E-state index in [1.165, 1.54) is 24.2 Å². The van der Waals surface area contributed by atoms with Gasteiger partial charge in [0.2, 0.25) is 0 Å².